The molecule has 3 aromatic rings. The maximum Gasteiger partial charge on any atom is 0.331 e. The molecule has 1 spiro atoms. The number of aromatic hydroxyl groups is 1. The number of nitrogens with one attached hydrogen (secondary N) is 2. The lowest BCUT2D eigenvalue weighted by molar-refractivity contribution is -0.155. The lowest BCUT2D eigenvalue weighted by atomic mass is 9.72. The number of aliphatic hydroxyl groups is 1. The first-order valence-corrected chi connectivity index (χ1v) is 20.5. The van der Waals surface area contributed by atoms with Crippen molar-refractivity contribution in [3.63, 3.8) is 0 Å². The summed E-state index contributed by atoms with van der Waals surface area (Å²) in [6.07, 6.45) is 0.341. The second-order valence-corrected chi connectivity index (χ2v) is 16.9. The topological polar surface area (TPSA) is 190 Å². The molecule has 0 amide bonds. The minimum atomic E-state index is -1.37. The third kappa shape index (κ3) is 5.69. The monoisotopic (exact) mass is 814 g/mol. The smallest absolute Gasteiger partial charge is 0.331 e. The Balaban J connectivity index is 1.28. The predicted molar refractivity (Wildman–Crippen MR) is 209 cm³/mol. The van der Waals surface area contributed by atoms with Crippen LogP contribution in [0.1, 0.15) is 75.7 Å². The lowest BCUT2D eigenvalue weighted by Gasteiger charge is -2.59. The molecule has 306 valence electrons. The number of hydrogen-bond acceptors (Lipinski definition) is 16. The molecule has 0 aromatic heterocycles. The number of piperazine rings is 1. The van der Waals surface area contributed by atoms with Crippen molar-refractivity contribution in [1.82, 2.24) is 15.5 Å². The van der Waals surface area contributed by atoms with Gasteiger partial charge in [-0.2, -0.15) is 5.26 Å². The maximum atomic E-state index is 14.9. The van der Waals surface area contributed by atoms with Crippen LogP contribution < -0.4 is 39.1 Å². The second-order valence-electron chi connectivity index (χ2n) is 15.8. The van der Waals surface area contributed by atoms with Crippen LogP contribution in [-0.2, 0) is 32.7 Å². The number of thioether (sulfide) groups is 1. The molecule has 4 N–H and O–H groups in total. The van der Waals surface area contributed by atoms with E-state index in [-0.39, 0.29) is 37.6 Å². The highest BCUT2D eigenvalue weighted by Crippen LogP contribution is 2.63. The number of benzene rings is 3. The fourth-order valence-corrected chi connectivity index (χ4v) is 11.8. The number of nitrogens with zero attached hydrogens (tertiary/aromatic N) is 2. The number of rotatable bonds is 6. The number of hydrogen-bond donors (Lipinski definition) is 4. The van der Waals surface area contributed by atoms with E-state index < -0.39 is 53.0 Å². The van der Waals surface area contributed by atoms with Crippen LogP contribution in [0.5, 0.6) is 40.2 Å². The average molecular weight is 815 g/mol. The Morgan fingerprint density at radius 3 is 2.60 bits per heavy atom. The van der Waals surface area contributed by atoms with Crippen LogP contribution >= 0.6 is 11.8 Å². The summed E-state index contributed by atoms with van der Waals surface area (Å²) in [6.45, 7) is 6.96. The molecule has 7 aliphatic rings. The molecule has 0 radical (unpaired) electrons. The van der Waals surface area contributed by atoms with E-state index in [4.69, 9.17) is 33.2 Å². The molecular formula is C42H46N4O11S. The first-order valence-electron chi connectivity index (χ1n) is 19.4. The molecule has 8 atom stereocenters. The normalized spacial score (nSPS) is 28.2. The number of phenols is 1. The Morgan fingerprint density at radius 2 is 1.88 bits per heavy atom. The molecule has 10 rings (SSSR count). The Kier molecular flexibility index (Phi) is 9.59. The van der Waals surface area contributed by atoms with Crippen LogP contribution in [0.4, 0.5) is 0 Å². The van der Waals surface area contributed by atoms with Gasteiger partial charge in [-0.05, 0) is 68.0 Å². The van der Waals surface area contributed by atoms with Gasteiger partial charge in [0.1, 0.15) is 25.0 Å². The molecule has 7 aliphatic heterocycles. The molecule has 0 aliphatic carbocycles. The Bertz CT molecular complexity index is 2280. The zero-order chi connectivity index (χ0) is 40.8. The van der Waals surface area contributed by atoms with Crippen molar-refractivity contribution in [1.29, 1.82) is 5.26 Å². The van der Waals surface area contributed by atoms with Gasteiger partial charge in [0, 0.05) is 53.6 Å². The van der Waals surface area contributed by atoms with Crippen molar-refractivity contribution in [2.75, 3.05) is 46.5 Å². The zero-order valence-electron chi connectivity index (χ0n) is 33.1. The second kappa shape index (κ2) is 14.4. The molecule has 16 heteroatoms. The van der Waals surface area contributed by atoms with Crippen molar-refractivity contribution < 1.29 is 53.0 Å². The third-order valence-corrected chi connectivity index (χ3v) is 13.9. The molecule has 15 nitrogen and oxygen atoms in total. The number of carbonyl (C=O) groups is 2. The number of aliphatic hydroxyl groups excluding tert-OH is 1. The van der Waals surface area contributed by atoms with Crippen LogP contribution in [0.2, 0.25) is 0 Å². The van der Waals surface area contributed by atoms with Crippen LogP contribution in [0.3, 0.4) is 0 Å². The summed E-state index contributed by atoms with van der Waals surface area (Å²) < 4.78 is 42.3. The number of nitriles is 1. The van der Waals surface area contributed by atoms with Gasteiger partial charge < -0.3 is 48.7 Å². The van der Waals surface area contributed by atoms with Crippen molar-refractivity contribution in [2.45, 2.75) is 87.6 Å². The minimum absolute atomic E-state index is 0.0237. The summed E-state index contributed by atoms with van der Waals surface area (Å²) in [6, 6.07) is 5.38. The third-order valence-electron chi connectivity index (χ3n) is 12.4. The standard InChI is InChI=1S/C42H46N4O11S/c1-18-9-23-10-25-26(13-43)46-27-15-54-41(50)42(24-12-28(51-5)29(53-14-19(2)47)11-22(24)7-8-44-42)16-58-40(34(46)33(45-25)30(23)35(49)36(18)52-6)32-31(27)39-38(55-17-56-39)20(3)37(32)57-21(4)48/h9,11-12,19,25-27,33-34,40,44-45,47,49H,7-8,10,14-17H2,1-6H3/t19?,25-,26-,27?,33+,34+,40+,42+/m0/s1. The van der Waals surface area contributed by atoms with Gasteiger partial charge in [0.15, 0.2) is 40.0 Å². The summed E-state index contributed by atoms with van der Waals surface area (Å²) in [5.41, 5.74) is 4.43. The van der Waals surface area contributed by atoms with Crippen molar-refractivity contribution >= 4 is 23.7 Å². The number of aryl methyl sites for hydroxylation is 1. The van der Waals surface area contributed by atoms with E-state index in [1.807, 2.05) is 26.0 Å². The van der Waals surface area contributed by atoms with E-state index in [9.17, 15) is 25.1 Å². The molecule has 2 fully saturated rings. The van der Waals surface area contributed by atoms with Crippen molar-refractivity contribution in [3.05, 3.63) is 62.7 Å². The van der Waals surface area contributed by atoms with Crippen LogP contribution in [-0.4, -0.2) is 97.8 Å². The van der Waals surface area contributed by atoms with Gasteiger partial charge in [-0.25, -0.2) is 4.79 Å². The molecule has 2 unspecified atom stereocenters. The van der Waals surface area contributed by atoms with Gasteiger partial charge in [0.05, 0.1) is 43.7 Å². The van der Waals surface area contributed by atoms with Gasteiger partial charge in [-0.1, -0.05) is 6.07 Å². The molecule has 0 saturated carbocycles. The van der Waals surface area contributed by atoms with E-state index in [1.54, 1.807) is 13.0 Å². The van der Waals surface area contributed by atoms with E-state index in [2.05, 4.69) is 21.6 Å². The number of ether oxygens (including phenoxy) is 7. The van der Waals surface area contributed by atoms with E-state index >= 15 is 0 Å². The summed E-state index contributed by atoms with van der Waals surface area (Å²) >= 11 is 1.48. The number of carbonyl (C=O) groups excluding carboxylic acids is 2. The summed E-state index contributed by atoms with van der Waals surface area (Å²) in [5.74, 6) is 1.57. The van der Waals surface area contributed by atoms with E-state index in [0.29, 0.717) is 81.7 Å². The predicted octanol–water partition coefficient (Wildman–Crippen LogP) is 3.70. The number of fused-ring (bicyclic) bond motifs is 9. The highest BCUT2D eigenvalue weighted by molar-refractivity contribution is 7.99. The van der Waals surface area contributed by atoms with Crippen molar-refractivity contribution in [3.8, 4) is 46.3 Å². The first kappa shape index (κ1) is 38.6. The maximum absolute atomic E-state index is 14.9. The van der Waals surface area contributed by atoms with Gasteiger partial charge >= 0.3 is 11.9 Å². The minimum Gasteiger partial charge on any atom is -0.504 e. The first-order chi connectivity index (χ1) is 27.9. The Morgan fingerprint density at radius 1 is 1.09 bits per heavy atom. The lowest BCUT2D eigenvalue weighted by Crippen LogP contribution is -2.69. The van der Waals surface area contributed by atoms with Crippen molar-refractivity contribution in [2.24, 2.45) is 0 Å². The van der Waals surface area contributed by atoms with Gasteiger partial charge in [0.25, 0.3) is 0 Å². The van der Waals surface area contributed by atoms with Gasteiger partial charge in [0.2, 0.25) is 6.79 Å². The number of phenolic OH excluding ortho intramolecular Hbond substituents is 1. The quantitative estimate of drug-likeness (QED) is 0.208. The van der Waals surface area contributed by atoms with E-state index in [0.717, 1.165) is 16.7 Å². The highest BCUT2D eigenvalue weighted by Gasteiger charge is 2.60. The Hall–Kier alpha value is -4.92. The molecule has 3 aromatic carbocycles. The van der Waals surface area contributed by atoms with E-state index in [1.165, 1.54) is 32.9 Å². The van der Waals surface area contributed by atoms with Gasteiger partial charge in [-0.3, -0.25) is 15.0 Å². The largest absolute Gasteiger partial charge is 0.504 e. The zero-order valence-corrected chi connectivity index (χ0v) is 33.9. The average Bonchev–Trinajstić information content (AvgIpc) is 3.69. The SMILES string of the molecule is COc1cc2c(cc1OCC(C)O)CCN[C@]21CS[C@@H]2c3c(OC(C)=O)c(C)c4c(c3C(COC1=O)N1[C@@H]2[C@@H]2N[C@@H](Cc3cc(C)c(OC)c(O)c32)[C@@H]1C#N)OCO4. The van der Waals surface area contributed by atoms with Gasteiger partial charge in [-0.15, -0.1) is 11.8 Å². The fraction of sp³-hybridized carbons (Fsp3) is 0.500. The van der Waals surface area contributed by atoms with Crippen LogP contribution in [0.25, 0.3) is 0 Å². The Labute approximate surface area is 339 Å². The molecule has 2 saturated heterocycles. The summed E-state index contributed by atoms with van der Waals surface area (Å²) in [7, 11) is 3.05. The number of esters is 2. The summed E-state index contributed by atoms with van der Waals surface area (Å²) in [5, 5.41) is 39.7. The number of methoxy groups -OCH3 is 2. The molecule has 4 bridgehead atoms. The fourth-order valence-electron chi connectivity index (χ4n) is 10.1. The molecule has 7 heterocycles. The van der Waals surface area contributed by atoms with Crippen LogP contribution in [0, 0.1) is 25.2 Å². The summed E-state index contributed by atoms with van der Waals surface area (Å²) in [4.78, 5) is 30.0. The van der Waals surface area contributed by atoms with Crippen LogP contribution in [0.15, 0.2) is 18.2 Å². The molecule has 58 heavy (non-hydrogen) atoms. The molecular weight excluding hydrogens is 769 g/mol. The highest BCUT2D eigenvalue weighted by atomic mass is 32.2.